The molecule has 1 unspecified atom stereocenters. The Bertz CT molecular complexity index is 392. The van der Waals surface area contributed by atoms with E-state index in [0.29, 0.717) is 25.7 Å². The Morgan fingerprint density at radius 1 is 1.00 bits per heavy atom. The molecule has 5 nitrogen and oxygen atoms in total. The Balaban J connectivity index is 1.88. The fourth-order valence-electron chi connectivity index (χ4n) is 4.98. The van der Waals surface area contributed by atoms with Crippen molar-refractivity contribution in [2.75, 3.05) is 0 Å². The highest BCUT2D eigenvalue weighted by Gasteiger charge is 2.69. The quantitative estimate of drug-likeness (QED) is 0.670. The van der Waals surface area contributed by atoms with Gasteiger partial charge < -0.3 is 20.1 Å². The molecule has 0 aromatic carbocycles. The van der Waals surface area contributed by atoms with Crippen LogP contribution >= 0.6 is 0 Å². The van der Waals surface area contributed by atoms with E-state index < -0.39 is 22.4 Å². The van der Waals surface area contributed by atoms with Crippen LogP contribution < -0.4 is 0 Å². The molecule has 0 radical (unpaired) electrons. The fraction of sp³-hybridized carbons (Fsp3) is 0.933. The molecule has 3 N–H and O–H groups in total. The Kier molecular flexibility index (Phi) is 2.83. The number of ether oxygens (including phenoxy) is 1. The molecule has 1 atom stereocenters. The molecule has 114 valence electrons. The summed E-state index contributed by atoms with van der Waals surface area (Å²) >= 11 is 0. The van der Waals surface area contributed by atoms with Crippen molar-refractivity contribution in [2.45, 2.75) is 81.2 Å². The zero-order valence-electron chi connectivity index (χ0n) is 12.2. The van der Waals surface area contributed by atoms with Gasteiger partial charge in [-0.05, 0) is 6.42 Å². The first-order chi connectivity index (χ1) is 9.11. The maximum absolute atomic E-state index is 12.1. The molecule has 0 saturated heterocycles. The summed E-state index contributed by atoms with van der Waals surface area (Å²) in [4.78, 5) is 12.1. The second-order valence-electron chi connectivity index (χ2n) is 7.65. The summed E-state index contributed by atoms with van der Waals surface area (Å²) < 4.78 is 5.68. The standard InChI is InChI=1S/C15H24O5/c1-3-10(2)11(16)20-15-7-12(17)4-13(18,8-15)6-14(19,5-12)9-15/h10,17-19H,3-9H2,1-2H3. The molecule has 0 heterocycles. The minimum absolute atomic E-state index is 0.207. The molecule has 4 rings (SSSR count). The number of rotatable bonds is 3. The molecule has 4 aliphatic carbocycles. The molecular formula is C15H24O5. The number of esters is 1. The third-order valence-corrected chi connectivity index (χ3v) is 5.26. The van der Waals surface area contributed by atoms with Gasteiger partial charge in [-0.25, -0.2) is 0 Å². The minimum atomic E-state index is -1.12. The summed E-state index contributed by atoms with van der Waals surface area (Å²) in [5, 5.41) is 31.8. The summed E-state index contributed by atoms with van der Waals surface area (Å²) in [7, 11) is 0. The van der Waals surface area contributed by atoms with E-state index in [0.717, 1.165) is 0 Å². The largest absolute Gasteiger partial charge is 0.459 e. The second-order valence-corrected chi connectivity index (χ2v) is 7.65. The number of hydrogen-bond donors (Lipinski definition) is 3. The van der Waals surface area contributed by atoms with E-state index in [-0.39, 0.29) is 31.1 Å². The maximum atomic E-state index is 12.1. The van der Waals surface area contributed by atoms with E-state index in [4.69, 9.17) is 4.74 Å². The van der Waals surface area contributed by atoms with E-state index in [1.165, 1.54) is 0 Å². The zero-order valence-corrected chi connectivity index (χ0v) is 12.2. The molecule has 0 aliphatic heterocycles. The monoisotopic (exact) mass is 284 g/mol. The van der Waals surface area contributed by atoms with Gasteiger partial charge in [0.2, 0.25) is 0 Å². The molecule has 4 saturated carbocycles. The van der Waals surface area contributed by atoms with E-state index >= 15 is 0 Å². The topological polar surface area (TPSA) is 87.0 Å². The van der Waals surface area contributed by atoms with Crippen molar-refractivity contribution >= 4 is 5.97 Å². The molecule has 5 heteroatoms. The average molecular weight is 284 g/mol. The van der Waals surface area contributed by atoms with E-state index in [1.54, 1.807) is 6.92 Å². The Hall–Kier alpha value is -0.650. The highest BCUT2D eigenvalue weighted by atomic mass is 16.6. The summed E-state index contributed by atoms with van der Waals surface area (Å²) in [5.74, 6) is -0.507. The van der Waals surface area contributed by atoms with Crippen LogP contribution in [0.2, 0.25) is 0 Å². The van der Waals surface area contributed by atoms with E-state index in [9.17, 15) is 20.1 Å². The Morgan fingerprint density at radius 2 is 1.40 bits per heavy atom. The Morgan fingerprint density at radius 3 is 1.75 bits per heavy atom. The van der Waals surface area contributed by atoms with Crippen LogP contribution in [0, 0.1) is 5.92 Å². The summed E-state index contributed by atoms with van der Waals surface area (Å²) in [6, 6.07) is 0. The van der Waals surface area contributed by atoms with Gasteiger partial charge >= 0.3 is 5.97 Å². The predicted octanol–water partition coefficient (Wildman–Crippen LogP) is 0.889. The van der Waals surface area contributed by atoms with Crippen molar-refractivity contribution in [2.24, 2.45) is 5.92 Å². The molecule has 0 amide bonds. The van der Waals surface area contributed by atoms with E-state index in [1.807, 2.05) is 6.92 Å². The lowest BCUT2D eigenvalue weighted by Crippen LogP contribution is -2.72. The van der Waals surface area contributed by atoms with Gasteiger partial charge in [-0.3, -0.25) is 4.79 Å². The van der Waals surface area contributed by atoms with Crippen LogP contribution in [0.25, 0.3) is 0 Å². The SMILES string of the molecule is CCC(C)C(=O)OC12CC3(O)CC(O)(CC(O)(C3)C1)C2. The molecule has 4 bridgehead atoms. The summed E-state index contributed by atoms with van der Waals surface area (Å²) in [5.41, 5.74) is -4.26. The van der Waals surface area contributed by atoms with Gasteiger partial charge in [0, 0.05) is 38.5 Å². The lowest BCUT2D eigenvalue weighted by atomic mass is 9.48. The lowest BCUT2D eigenvalue weighted by Gasteiger charge is -2.65. The summed E-state index contributed by atoms with van der Waals surface area (Å²) in [6.45, 7) is 3.72. The van der Waals surface area contributed by atoms with Crippen molar-refractivity contribution in [1.82, 2.24) is 0 Å². The summed E-state index contributed by atoms with van der Waals surface area (Å²) in [6.07, 6.45) is 2.47. The van der Waals surface area contributed by atoms with Crippen LogP contribution in [0.1, 0.15) is 58.8 Å². The zero-order chi connectivity index (χ0) is 14.8. The van der Waals surface area contributed by atoms with Gasteiger partial charge in [-0.2, -0.15) is 0 Å². The van der Waals surface area contributed by atoms with Crippen molar-refractivity contribution in [3.05, 3.63) is 0 Å². The van der Waals surface area contributed by atoms with Crippen LogP contribution in [-0.2, 0) is 9.53 Å². The van der Waals surface area contributed by atoms with Crippen LogP contribution in [0.5, 0.6) is 0 Å². The number of hydrogen-bond acceptors (Lipinski definition) is 5. The van der Waals surface area contributed by atoms with Crippen LogP contribution in [0.4, 0.5) is 0 Å². The minimum Gasteiger partial charge on any atom is -0.459 e. The highest BCUT2D eigenvalue weighted by molar-refractivity contribution is 5.72. The molecule has 20 heavy (non-hydrogen) atoms. The molecule has 0 spiro atoms. The van der Waals surface area contributed by atoms with Gasteiger partial charge in [0.25, 0.3) is 0 Å². The molecular weight excluding hydrogens is 260 g/mol. The van der Waals surface area contributed by atoms with Gasteiger partial charge in [-0.1, -0.05) is 13.8 Å². The van der Waals surface area contributed by atoms with Gasteiger partial charge in [0.05, 0.1) is 22.7 Å². The van der Waals surface area contributed by atoms with Crippen molar-refractivity contribution in [1.29, 1.82) is 0 Å². The van der Waals surface area contributed by atoms with Crippen LogP contribution in [-0.4, -0.2) is 43.7 Å². The second kappa shape index (κ2) is 3.96. The van der Waals surface area contributed by atoms with Crippen LogP contribution in [0.3, 0.4) is 0 Å². The van der Waals surface area contributed by atoms with Crippen molar-refractivity contribution in [3.8, 4) is 0 Å². The fourth-order valence-corrected chi connectivity index (χ4v) is 4.98. The third kappa shape index (κ3) is 2.16. The first-order valence-corrected chi connectivity index (χ1v) is 7.51. The smallest absolute Gasteiger partial charge is 0.309 e. The van der Waals surface area contributed by atoms with Gasteiger partial charge in [-0.15, -0.1) is 0 Å². The van der Waals surface area contributed by atoms with Gasteiger partial charge in [0.1, 0.15) is 5.60 Å². The van der Waals surface area contributed by atoms with Gasteiger partial charge in [0.15, 0.2) is 0 Å². The predicted molar refractivity (Wildman–Crippen MR) is 70.8 cm³/mol. The number of aliphatic hydroxyl groups is 3. The van der Waals surface area contributed by atoms with E-state index in [2.05, 4.69) is 0 Å². The van der Waals surface area contributed by atoms with Crippen molar-refractivity contribution < 1.29 is 24.9 Å². The van der Waals surface area contributed by atoms with Crippen molar-refractivity contribution in [3.63, 3.8) is 0 Å². The maximum Gasteiger partial charge on any atom is 0.309 e. The number of carbonyl (C=O) groups is 1. The molecule has 0 aromatic rings. The number of carbonyl (C=O) groups excluding carboxylic acids is 1. The molecule has 0 aromatic heterocycles. The average Bonchev–Trinajstić information content (AvgIpc) is 2.20. The lowest BCUT2D eigenvalue weighted by molar-refractivity contribution is -0.301. The highest BCUT2D eigenvalue weighted by Crippen LogP contribution is 2.62. The molecule has 4 fully saturated rings. The third-order valence-electron chi connectivity index (χ3n) is 5.26. The first-order valence-electron chi connectivity index (χ1n) is 7.51. The normalized spacial score (nSPS) is 51.0. The first kappa shape index (κ1) is 14.3. The van der Waals surface area contributed by atoms with Crippen LogP contribution in [0.15, 0.2) is 0 Å². The Labute approximate surface area is 118 Å². The molecule has 4 aliphatic rings.